The molecule has 0 bridgehead atoms. The molecular weight excluding hydrogens is 232 g/mol. The Balaban J connectivity index is 2.64. The highest BCUT2D eigenvalue weighted by Crippen LogP contribution is 2.14. The summed E-state index contributed by atoms with van der Waals surface area (Å²) in [6, 6.07) is 7.21. The van der Waals surface area contributed by atoms with Gasteiger partial charge in [0.2, 0.25) is 5.91 Å². The number of nitrogens with two attached hydrogens (primary N) is 1. The van der Waals surface area contributed by atoms with Gasteiger partial charge in [0.1, 0.15) is 6.04 Å². The summed E-state index contributed by atoms with van der Waals surface area (Å²) >= 11 is 3.32. The van der Waals surface area contributed by atoms with Crippen molar-refractivity contribution < 1.29 is 4.79 Å². The molecule has 0 spiro atoms. The largest absolute Gasteiger partial charge is 0.374 e. The van der Waals surface area contributed by atoms with Gasteiger partial charge in [0.25, 0.3) is 0 Å². The first-order valence-electron chi connectivity index (χ1n) is 3.91. The molecule has 0 aliphatic heterocycles. The van der Waals surface area contributed by atoms with E-state index in [0.29, 0.717) is 0 Å². The first-order chi connectivity index (χ1) is 6.09. The molecule has 0 aliphatic carbocycles. The van der Waals surface area contributed by atoms with Crippen LogP contribution in [0.25, 0.3) is 0 Å². The third kappa shape index (κ3) is 3.06. The van der Waals surface area contributed by atoms with Gasteiger partial charge in [0, 0.05) is 10.2 Å². The quantitative estimate of drug-likeness (QED) is 0.849. The number of rotatable bonds is 3. The molecule has 0 unspecified atom stereocenters. The van der Waals surface area contributed by atoms with E-state index in [1.165, 1.54) is 0 Å². The van der Waals surface area contributed by atoms with Crippen molar-refractivity contribution in [2.75, 3.05) is 5.32 Å². The molecule has 0 aromatic heterocycles. The summed E-state index contributed by atoms with van der Waals surface area (Å²) < 4.78 is 1.00. The van der Waals surface area contributed by atoms with E-state index in [1.54, 1.807) is 6.92 Å². The topological polar surface area (TPSA) is 55.1 Å². The maximum atomic E-state index is 10.7. The van der Waals surface area contributed by atoms with E-state index in [9.17, 15) is 4.79 Å². The molecule has 1 atom stereocenters. The zero-order chi connectivity index (χ0) is 9.84. The molecule has 0 radical (unpaired) electrons. The predicted molar refractivity (Wildman–Crippen MR) is 56.4 cm³/mol. The van der Waals surface area contributed by atoms with Gasteiger partial charge >= 0.3 is 0 Å². The van der Waals surface area contributed by atoms with Crippen LogP contribution in [0.1, 0.15) is 6.92 Å². The Kier molecular flexibility index (Phi) is 3.31. The maximum absolute atomic E-state index is 10.7. The zero-order valence-corrected chi connectivity index (χ0v) is 8.84. The van der Waals surface area contributed by atoms with Gasteiger partial charge in [-0.1, -0.05) is 15.9 Å². The lowest BCUT2D eigenvalue weighted by Crippen LogP contribution is -2.32. The van der Waals surface area contributed by atoms with E-state index in [4.69, 9.17) is 5.73 Å². The number of anilines is 1. The Labute approximate surface area is 85.4 Å². The van der Waals surface area contributed by atoms with Crippen LogP contribution >= 0.6 is 15.9 Å². The van der Waals surface area contributed by atoms with E-state index in [-0.39, 0.29) is 11.9 Å². The summed E-state index contributed by atoms with van der Waals surface area (Å²) in [5, 5.41) is 2.97. The highest BCUT2D eigenvalue weighted by Gasteiger charge is 2.06. The molecule has 0 aliphatic rings. The molecule has 1 rings (SSSR count). The SMILES string of the molecule is C[C@H](Nc1ccc(Br)cc1)C(N)=O. The molecule has 1 aromatic rings. The number of carbonyl (C=O) groups excluding carboxylic acids is 1. The van der Waals surface area contributed by atoms with Crippen molar-refractivity contribution in [2.45, 2.75) is 13.0 Å². The minimum atomic E-state index is -0.358. The first kappa shape index (κ1) is 10.1. The number of benzene rings is 1. The van der Waals surface area contributed by atoms with Gasteiger partial charge in [-0.3, -0.25) is 4.79 Å². The number of carbonyl (C=O) groups is 1. The van der Waals surface area contributed by atoms with Crippen LogP contribution in [0.2, 0.25) is 0 Å². The summed E-state index contributed by atoms with van der Waals surface area (Å²) in [6.45, 7) is 1.73. The van der Waals surface area contributed by atoms with Crippen LogP contribution in [0.4, 0.5) is 5.69 Å². The molecule has 13 heavy (non-hydrogen) atoms. The van der Waals surface area contributed by atoms with Crippen molar-refractivity contribution in [1.29, 1.82) is 0 Å². The standard InChI is InChI=1S/C9H11BrN2O/c1-6(9(11)13)12-8-4-2-7(10)3-5-8/h2-6,12H,1H3,(H2,11,13)/t6-/m0/s1. The van der Waals surface area contributed by atoms with Crippen molar-refractivity contribution in [3.8, 4) is 0 Å². The fourth-order valence-corrected chi connectivity index (χ4v) is 1.13. The first-order valence-corrected chi connectivity index (χ1v) is 4.70. The summed E-state index contributed by atoms with van der Waals surface area (Å²) in [5.41, 5.74) is 5.99. The number of nitrogens with one attached hydrogen (secondary N) is 1. The van der Waals surface area contributed by atoms with E-state index in [0.717, 1.165) is 10.2 Å². The average Bonchev–Trinajstić information content (AvgIpc) is 2.08. The lowest BCUT2D eigenvalue weighted by molar-refractivity contribution is -0.118. The van der Waals surface area contributed by atoms with Gasteiger partial charge in [-0.25, -0.2) is 0 Å². The Morgan fingerprint density at radius 3 is 2.46 bits per heavy atom. The van der Waals surface area contributed by atoms with Crippen LogP contribution < -0.4 is 11.1 Å². The normalized spacial score (nSPS) is 12.2. The van der Waals surface area contributed by atoms with Crippen molar-refractivity contribution in [1.82, 2.24) is 0 Å². The second-order valence-electron chi connectivity index (χ2n) is 2.78. The predicted octanol–water partition coefficient (Wildman–Crippen LogP) is 1.73. The van der Waals surface area contributed by atoms with Gasteiger partial charge in [-0.05, 0) is 31.2 Å². The Morgan fingerprint density at radius 1 is 1.46 bits per heavy atom. The molecule has 1 aromatic carbocycles. The van der Waals surface area contributed by atoms with Crippen LogP contribution in [0, 0.1) is 0 Å². The van der Waals surface area contributed by atoms with Crippen LogP contribution in [0.5, 0.6) is 0 Å². The molecule has 4 heteroatoms. The molecule has 0 heterocycles. The monoisotopic (exact) mass is 242 g/mol. The second-order valence-corrected chi connectivity index (χ2v) is 3.69. The molecule has 1 amide bonds. The van der Waals surface area contributed by atoms with Crippen molar-refractivity contribution in [3.63, 3.8) is 0 Å². The summed E-state index contributed by atoms with van der Waals surface area (Å²) in [7, 11) is 0. The third-order valence-corrected chi connectivity index (χ3v) is 2.18. The molecular formula is C9H11BrN2O. The maximum Gasteiger partial charge on any atom is 0.239 e. The molecule has 0 fully saturated rings. The number of hydrogen-bond donors (Lipinski definition) is 2. The third-order valence-electron chi connectivity index (χ3n) is 1.65. The van der Waals surface area contributed by atoms with E-state index in [2.05, 4.69) is 21.2 Å². The number of amides is 1. The second kappa shape index (κ2) is 4.28. The average molecular weight is 243 g/mol. The van der Waals surface area contributed by atoms with Crippen molar-refractivity contribution in [3.05, 3.63) is 28.7 Å². The van der Waals surface area contributed by atoms with Gasteiger partial charge in [0.15, 0.2) is 0 Å². The van der Waals surface area contributed by atoms with Crippen LogP contribution in [-0.4, -0.2) is 11.9 Å². The fourth-order valence-electron chi connectivity index (χ4n) is 0.867. The van der Waals surface area contributed by atoms with Crippen LogP contribution in [0.15, 0.2) is 28.7 Å². The molecule has 0 saturated carbocycles. The lowest BCUT2D eigenvalue weighted by Gasteiger charge is -2.10. The highest BCUT2D eigenvalue weighted by molar-refractivity contribution is 9.10. The minimum absolute atomic E-state index is 0.346. The Morgan fingerprint density at radius 2 is 2.00 bits per heavy atom. The van der Waals surface area contributed by atoms with Crippen LogP contribution in [-0.2, 0) is 4.79 Å². The molecule has 0 saturated heterocycles. The van der Waals surface area contributed by atoms with E-state index < -0.39 is 0 Å². The number of hydrogen-bond acceptors (Lipinski definition) is 2. The summed E-state index contributed by atoms with van der Waals surface area (Å²) in [6.07, 6.45) is 0. The zero-order valence-electron chi connectivity index (χ0n) is 7.25. The summed E-state index contributed by atoms with van der Waals surface area (Å²) in [4.78, 5) is 10.7. The molecule has 70 valence electrons. The number of halogens is 1. The minimum Gasteiger partial charge on any atom is -0.374 e. The molecule has 3 nitrogen and oxygen atoms in total. The van der Waals surface area contributed by atoms with Gasteiger partial charge in [0.05, 0.1) is 0 Å². The van der Waals surface area contributed by atoms with Gasteiger partial charge in [-0.15, -0.1) is 0 Å². The van der Waals surface area contributed by atoms with Gasteiger partial charge < -0.3 is 11.1 Å². The lowest BCUT2D eigenvalue weighted by atomic mass is 10.2. The Bertz CT molecular complexity index is 297. The van der Waals surface area contributed by atoms with Gasteiger partial charge in [-0.2, -0.15) is 0 Å². The summed E-state index contributed by atoms with van der Waals surface area (Å²) in [5.74, 6) is -0.358. The van der Waals surface area contributed by atoms with Crippen molar-refractivity contribution in [2.24, 2.45) is 5.73 Å². The Hall–Kier alpha value is -1.03. The smallest absolute Gasteiger partial charge is 0.239 e. The highest BCUT2D eigenvalue weighted by atomic mass is 79.9. The van der Waals surface area contributed by atoms with E-state index >= 15 is 0 Å². The van der Waals surface area contributed by atoms with Crippen molar-refractivity contribution >= 4 is 27.5 Å². The number of primary amides is 1. The fraction of sp³-hybridized carbons (Fsp3) is 0.222. The van der Waals surface area contributed by atoms with E-state index in [1.807, 2.05) is 24.3 Å². The van der Waals surface area contributed by atoms with Crippen LogP contribution in [0.3, 0.4) is 0 Å². The molecule has 3 N–H and O–H groups in total.